The van der Waals surface area contributed by atoms with Crippen molar-refractivity contribution in [3.05, 3.63) is 64.7 Å². The Labute approximate surface area is 249 Å². The first-order chi connectivity index (χ1) is 20.9. The van der Waals surface area contributed by atoms with E-state index in [0.717, 1.165) is 5.06 Å². The van der Waals surface area contributed by atoms with E-state index in [2.05, 4.69) is 10.3 Å². The SMILES string of the molecule is COc1ccc(C2=CC(N3CCOCC3)OC3=NCNCC3C(Cc3cc(C(F)(F)F)cc(C(F)(F)F)c3)N2O)c(OC)c1. The van der Waals surface area contributed by atoms with Crippen molar-refractivity contribution in [2.24, 2.45) is 10.9 Å². The Morgan fingerprint density at radius 2 is 1.66 bits per heavy atom. The van der Waals surface area contributed by atoms with Gasteiger partial charge in [0.25, 0.3) is 0 Å². The summed E-state index contributed by atoms with van der Waals surface area (Å²) in [5, 5.41) is 15.9. The number of hydrogen-bond donors (Lipinski definition) is 2. The molecule has 0 bridgehead atoms. The largest absolute Gasteiger partial charge is 0.497 e. The average molecular weight is 631 g/mol. The normalized spacial score (nSPS) is 23.5. The predicted octanol–water partition coefficient (Wildman–Crippen LogP) is 4.65. The zero-order valence-electron chi connectivity index (χ0n) is 23.9. The van der Waals surface area contributed by atoms with Crippen LogP contribution in [0.3, 0.4) is 0 Å². The Morgan fingerprint density at radius 3 is 2.27 bits per heavy atom. The number of hydrogen-bond acceptors (Lipinski definition) is 9. The molecule has 3 heterocycles. The van der Waals surface area contributed by atoms with Crippen LogP contribution in [0.15, 0.2) is 47.5 Å². The van der Waals surface area contributed by atoms with Crippen molar-refractivity contribution in [3.8, 4) is 11.5 Å². The minimum absolute atomic E-state index is 0.0803. The van der Waals surface area contributed by atoms with E-state index >= 15 is 0 Å². The summed E-state index contributed by atoms with van der Waals surface area (Å²) in [7, 11) is 2.90. The first kappa shape index (κ1) is 31.9. The van der Waals surface area contributed by atoms with Crippen LogP contribution < -0.4 is 14.8 Å². The number of rotatable bonds is 6. The molecule has 3 unspecified atom stereocenters. The van der Waals surface area contributed by atoms with Crippen molar-refractivity contribution in [2.45, 2.75) is 31.0 Å². The fourth-order valence-electron chi connectivity index (χ4n) is 5.54. The van der Waals surface area contributed by atoms with E-state index in [-0.39, 0.29) is 36.4 Å². The number of nitrogens with one attached hydrogen (secondary N) is 1. The Hall–Kier alpha value is -3.53. The maximum atomic E-state index is 13.7. The summed E-state index contributed by atoms with van der Waals surface area (Å²) >= 11 is 0. The topological polar surface area (TPSA) is 88.0 Å². The van der Waals surface area contributed by atoms with E-state index in [4.69, 9.17) is 18.9 Å². The molecule has 0 aromatic heterocycles. The van der Waals surface area contributed by atoms with Gasteiger partial charge in [-0.25, -0.2) is 4.99 Å². The van der Waals surface area contributed by atoms with E-state index in [1.165, 1.54) is 14.2 Å². The molecule has 0 aliphatic carbocycles. The smallest absolute Gasteiger partial charge is 0.416 e. The summed E-state index contributed by atoms with van der Waals surface area (Å²) in [6.07, 6.45) is -9.55. The first-order valence-corrected chi connectivity index (χ1v) is 13.8. The van der Waals surface area contributed by atoms with Crippen molar-refractivity contribution in [3.63, 3.8) is 0 Å². The van der Waals surface area contributed by atoms with Gasteiger partial charge in [-0.2, -0.15) is 26.3 Å². The van der Waals surface area contributed by atoms with Crippen LogP contribution in [0.4, 0.5) is 26.3 Å². The highest BCUT2D eigenvalue weighted by Gasteiger charge is 2.42. The second kappa shape index (κ2) is 12.8. The number of nitrogens with zero attached hydrogens (tertiary/aromatic N) is 3. The monoisotopic (exact) mass is 630 g/mol. The van der Waals surface area contributed by atoms with Gasteiger partial charge in [0.15, 0.2) is 12.1 Å². The lowest BCUT2D eigenvalue weighted by Gasteiger charge is -2.43. The van der Waals surface area contributed by atoms with Crippen LogP contribution in [0, 0.1) is 5.92 Å². The van der Waals surface area contributed by atoms with Crippen molar-refractivity contribution in [1.29, 1.82) is 0 Å². The molecule has 1 fully saturated rings. The molecular weight excluding hydrogens is 598 g/mol. The zero-order valence-corrected chi connectivity index (χ0v) is 23.9. The number of halogens is 6. The third-order valence-corrected chi connectivity index (χ3v) is 7.78. The first-order valence-electron chi connectivity index (χ1n) is 13.8. The highest BCUT2D eigenvalue weighted by Crippen LogP contribution is 2.39. The lowest BCUT2D eigenvalue weighted by molar-refractivity contribution is -0.143. The standard InChI is InChI=1S/C29H32F6N4O5/c1-41-20-3-4-21(25(13-20)42-2)24-14-26(38-5-7-43-8-6-38)44-27-22(15-36-16-37-27)23(39(24)40)11-17-9-18(28(30,31)32)12-19(10-17)29(33,34)35/h3-4,9-10,12-14,22-23,26,36,40H,5-8,11,15-16H2,1-2H3. The summed E-state index contributed by atoms with van der Waals surface area (Å²) in [4.78, 5) is 6.43. The zero-order chi connectivity index (χ0) is 31.6. The molecule has 2 N–H and O–H groups in total. The molecule has 0 saturated carbocycles. The second-order valence-corrected chi connectivity index (χ2v) is 10.5. The van der Waals surface area contributed by atoms with Gasteiger partial charge in [-0.3, -0.25) is 20.5 Å². The lowest BCUT2D eigenvalue weighted by atomic mass is 9.89. The van der Waals surface area contributed by atoms with Gasteiger partial charge < -0.3 is 18.9 Å². The molecule has 1 saturated heterocycles. The number of fused-ring (bicyclic) bond motifs is 1. The van der Waals surface area contributed by atoms with Crippen LogP contribution in [-0.4, -0.2) is 87.1 Å². The molecule has 3 aliphatic heterocycles. The van der Waals surface area contributed by atoms with Gasteiger partial charge in [0, 0.05) is 31.3 Å². The van der Waals surface area contributed by atoms with E-state index in [0.29, 0.717) is 55.5 Å². The van der Waals surface area contributed by atoms with E-state index in [9.17, 15) is 31.5 Å². The van der Waals surface area contributed by atoms with Crippen LogP contribution in [0.5, 0.6) is 11.5 Å². The molecule has 240 valence electrons. The maximum absolute atomic E-state index is 13.7. The van der Waals surface area contributed by atoms with Crippen molar-refractivity contribution in [2.75, 3.05) is 53.7 Å². The minimum Gasteiger partial charge on any atom is -0.497 e. The lowest BCUT2D eigenvalue weighted by Crippen LogP contribution is -2.54. The Balaban J connectivity index is 1.65. The molecule has 0 amide bonds. The van der Waals surface area contributed by atoms with Crippen molar-refractivity contribution < 1.29 is 50.5 Å². The number of benzene rings is 2. The molecule has 2 aromatic carbocycles. The third-order valence-electron chi connectivity index (χ3n) is 7.78. The highest BCUT2D eigenvalue weighted by atomic mass is 19.4. The predicted molar refractivity (Wildman–Crippen MR) is 146 cm³/mol. The number of alkyl halides is 6. The molecule has 3 aliphatic rings. The van der Waals surface area contributed by atoms with Gasteiger partial charge in [-0.1, -0.05) is 0 Å². The van der Waals surface area contributed by atoms with Crippen LogP contribution in [0.25, 0.3) is 5.70 Å². The number of ether oxygens (including phenoxy) is 4. The number of hydroxylamine groups is 2. The van der Waals surface area contributed by atoms with Crippen molar-refractivity contribution in [1.82, 2.24) is 15.3 Å². The summed E-state index contributed by atoms with van der Waals surface area (Å²) in [5.41, 5.74) is -2.58. The minimum atomic E-state index is -5.02. The molecule has 3 atom stereocenters. The summed E-state index contributed by atoms with van der Waals surface area (Å²) < 4.78 is 105. The fourth-order valence-corrected chi connectivity index (χ4v) is 5.54. The maximum Gasteiger partial charge on any atom is 0.416 e. The molecule has 0 radical (unpaired) electrons. The van der Waals surface area contributed by atoms with Gasteiger partial charge >= 0.3 is 12.4 Å². The summed E-state index contributed by atoms with van der Waals surface area (Å²) in [5.74, 6) is 0.246. The van der Waals surface area contributed by atoms with Gasteiger partial charge in [0.05, 0.1) is 62.9 Å². The molecule has 44 heavy (non-hydrogen) atoms. The van der Waals surface area contributed by atoms with E-state index in [1.54, 1.807) is 24.3 Å². The Morgan fingerprint density at radius 1 is 0.977 bits per heavy atom. The van der Waals surface area contributed by atoms with Crippen LogP contribution in [0.1, 0.15) is 22.3 Å². The molecule has 9 nitrogen and oxygen atoms in total. The Kier molecular flexibility index (Phi) is 9.30. The highest BCUT2D eigenvalue weighted by molar-refractivity contribution is 5.82. The quantitative estimate of drug-likeness (QED) is 0.447. The molecule has 15 heteroatoms. The van der Waals surface area contributed by atoms with E-state index < -0.39 is 48.1 Å². The second-order valence-electron chi connectivity index (χ2n) is 10.5. The molecular formula is C29H32F6N4O5. The fraction of sp³-hybridized carbons (Fsp3) is 0.483. The van der Waals surface area contributed by atoms with Gasteiger partial charge in [0.1, 0.15) is 11.5 Å². The molecule has 2 aromatic rings. The summed E-state index contributed by atoms with van der Waals surface area (Å²) in [6.45, 7) is 2.26. The van der Waals surface area contributed by atoms with Gasteiger partial charge in [-0.15, -0.1) is 0 Å². The van der Waals surface area contributed by atoms with Crippen LogP contribution in [-0.2, 0) is 28.2 Å². The summed E-state index contributed by atoms with van der Waals surface area (Å²) in [6, 6.07) is 5.20. The number of methoxy groups -OCH3 is 2. The number of morpholine rings is 1. The Bertz CT molecular complexity index is 1360. The average Bonchev–Trinajstić information content (AvgIpc) is 3.00. The van der Waals surface area contributed by atoms with Gasteiger partial charge in [0.2, 0.25) is 0 Å². The van der Waals surface area contributed by atoms with E-state index in [1.807, 2.05) is 4.90 Å². The van der Waals surface area contributed by atoms with Crippen LogP contribution in [0.2, 0.25) is 0 Å². The molecule has 5 rings (SSSR count). The van der Waals surface area contributed by atoms with Crippen molar-refractivity contribution >= 4 is 11.6 Å². The van der Waals surface area contributed by atoms with Gasteiger partial charge in [-0.05, 0) is 48.4 Å². The van der Waals surface area contributed by atoms with Crippen LogP contribution >= 0.6 is 0 Å². The third kappa shape index (κ3) is 6.90. The molecule has 0 spiro atoms. The number of aliphatic imine (C=N–C) groups is 1.